The molecule has 0 unspecified atom stereocenters. The van der Waals surface area contributed by atoms with Crippen LogP contribution in [-0.2, 0) is 11.3 Å². The van der Waals surface area contributed by atoms with E-state index in [1.807, 2.05) is 0 Å². The molecule has 1 fully saturated rings. The van der Waals surface area contributed by atoms with Crippen molar-refractivity contribution in [2.24, 2.45) is 5.73 Å². The van der Waals surface area contributed by atoms with Gasteiger partial charge in [0.2, 0.25) is 0 Å². The Hall–Kier alpha value is -1.65. The van der Waals surface area contributed by atoms with E-state index in [0.29, 0.717) is 6.54 Å². The lowest BCUT2D eigenvalue weighted by Crippen LogP contribution is -2.37. The first-order valence-corrected chi connectivity index (χ1v) is 6.71. The molecule has 1 aliphatic rings. The molecule has 0 atom stereocenters. The van der Waals surface area contributed by atoms with Gasteiger partial charge in [-0.3, -0.25) is 0 Å². The van der Waals surface area contributed by atoms with E-state index in [1.165, 1.54) is 5.56 Å². The van der Waals surface area contributed by atoms with Crippen LogP contribution in [0.3, 0.4) is 0 Å². The highest BCUT2D eigenvalue weighted by molar-refractivity contribution is 5.84. The van der Waals surface area contributed by atoms with Gasteiger partial charge in [-0.2, -0.15) is 0 Å². The Labute approximate surface area is 113 Å². The van der Waals surface area contributed by atoms with Crippen molar-refractivity contribution in [1.82, 2.24) is 4.98 Å². The van der Waals surface area contributed by atoms with Crippen LogP contribution in [-0.4, -0.2) is 31.3 Å². The van der Waals surface area contributed by atoms with E-state index >= 15 is 0 Å². The topological polar surface area (TPSA) is 51.4 Å². The van der Waals surface area contributed by atoms with Crippen molar-refractivity contribution >= 4 is 16.7 Å². The van der Waals surface area contributed by atoms with Crippen molar-refractivity contribution in [2.75, 3.05) is 31.2 Å². The Morgan fingerprint density at radius 3 is 2.84 bits per heavy atom. The summed E-state index contributed by atoms with van der Waals surface area (Å²) < 4.78 is 5.41. The van der Waals surface area contributed by atoms with Gasteiger partial charge in [0.25, 0.3) is 0 Å². The number of aromatic nitrogens is 1. The number of nitrogens with zero attached hydrogens (tertiary/aromatic N) is 2. The number of hydrogen-bond donors (Lipinski definition) is 1. The van der Waals surface area contributed by atoms with Gasteiger partial charge < -0.3 is 15.4 Å². The van der Waals surface area contributed by atoms with E-state index in [1.54, 1.807) is 0 Å². The molecule has 2 aromatic rings. The Morgan fingerprint density at radius 2 is 2.11 bits per heavy atom. The first-order chi connectivity index (χ1) is 9.29. The first kappa shape index (κ1) is 12.4. The lowest BCUT2D eigenvalue weighted by molar-refractivity contribution is 0.122. The van der Waals surface area contributed by atoms with Gasteiger partial charge in [0.05, 0.1) is 18.7 Å². The Bertz CT molecular complexity index is 591. The zero-order valence-electron chi connectivity index (χ0n) is 11.2. The number of aryl methyl sites for hydroxylation is 1. The summed E-state index contributed by atoms with van der Waals surface area (Å²) in [6, 6.07) is 8.42. The number of nitrogens with two attached hydrogens (primary N) is 1. The standard InChI is InChI=1S/C15H19N3O/c1-11-3-2-4-12-9-13(10-16)15(17-14(11)12)18-5-7-19-8-6-18/h2-4,9H,5-8,10,16H2,1H3. The molecule has 2 N–H and O–H groups in total. The predicted molar refractivity (Wildman–Crippen MR) is 77.4 cm³/mol. The molecule has 0 aliphatic carbocycles. The van der Waals surface area contributed by atoms with Crippen LogP contribution in [0.1, 0.15) is 11.1 Å². The molecule has 3 rings (SSSR count). The van der Waals surface area contributed by atoms with Gasteiger partial charge >= 0.3 is 0 Å². The SMILES string of the molecule is Cc1cccc2cc(CN)c(N3CCOCC3)nc12. The largest absolute Gasteiger partial charge is 0.378 e. The van der Waals surface area contributed by atoms with E-state index < -0.39 is 0 Å². The van der Waals surface area contributed by atoms with Gasteiger partial charge in [-0.25, -0.2) is 4.98 Å². The van der Waals surface area contributed by atoms with Gasteiger partial charge in [0.1, 0.15) is 5.82 Å². The molecule has 1 aromatic carbocycles. The van der Waals surface area contributed by atoms with E-state index in [-0.39, 0.29) is 0 Å². The fourth-order valence-electron chi connectivity index (χ4n) is 2.58. The molecule has 4 nitrogen and oxygen atoms in total. The van der Waals surface area contributed by atoms with E-state index in [4.69, 9.17) is 15.5 Å². The zero-order valence-corrected chi connectivity index (χ0v) is 11.2. The third-order valence-electron chi connectivity index (χ3n) is 3.63. The molecule has 0 amide bonds. The van der Waals surface area contributed by atoms with E-state index in [0.717, 1.165) is 48.6 Å². The highest BCUT2D eigenvalue weighted by Crippen LogP contribution is 2.25. The highest BCUT2D eigenvalue weighted by Gasteiger charge is 2.16. The Morgan fingerprint density at radius 1 is 1.32 bits per heavy atom. The molecule has 1 aromatic heterocycles. The van der Waals surface area contributed by atoms with Crippen molar-refractivity contribution in [3.8, 4) is 0 Å². The number of morpholine rings is 1. The number of rotatable bonds is 2. The second kappa shape index (κ2) is 5.15. The van der Waals surface area contributed by atoms with Crippen LogP contribution in [0.25, 0.3) is 10.9 Å². The number of para-hydroxylation sites is 1. The lowest BCUT2D eigenvalue weighted by Gasteiger charge is -2.29. The van der Waals surface area contributed by atoms with Gasteiger partial charge in [0.15, 0.2) is 0 Å². The minimum absolute atomic E-state index is 0.517. The third kappa shape index (κ3) is 2.29. The van der Waals surface area contributed by atoms with Crippen LogP contribution in [0, 0.1) is 6.92 Å². The fourth-order valence-corrected chi connectivity index (χ4v) is 2.58. The maximum absolute atomic E-state index is 5.89. The monoisotopic (exact) mass is 257 g/mol. The van der Waals surface area contributed by atoms with Crippen molar-refractivity contribution in [2.45, 2.75) is 13.5 Å². The number of benzene rings is 1. The molecule has 19 heavy (non-hydrogen) atoms. The maximum Gasteiger partial charge on any atom is 0.133 e. The number of hydrogen-bond acceptors (Lipinski definition) is 4. The second-order valence-electron chi connectivity index (χ2n) is 4.92. The summed E-state index contributed by atoms with van der Waals surface area (Å²) >= 11 is 0. The molecule has 0 spiro atoms. The first-order valence-electron chi connectivity index (χ1n) is 6.71. The summed E-state index contributed by atoms with van der Waals surface area (Å²) in [5.74, 6) is 1.02. The van der Waals surface area contributed by atoms with Crippen LogP contribution >= 0.6 is 0 Å². The van der Waals surface area contributed by atoms with Gasteiger partial charge in [-0.1, -0.05) is 18.2 Å². The van der Waals surface area contributed by atoms with Gasteiger partial charge in [-0.05, 0) is 18.6 Å². The van der Waals surface area contributed by atoms with Crippen LogP contribution in [0.15, 0.2) is 24.3 Å². The van der Waals surface area contributed by atoms with Crippen LogP contribution in [0.2, 0.25) is 0 Å². The molecule has 1 saturated heterocycles. The minimum Gasteiger partial charge on any atom is -0.378 e. The molecule has 100 valence electrons. The molecular formula is C15H19N3O. The summed E-state index contributed by atoms with van der Waals surface area (Å²) in [6.07, 6.45) is 0. The molecule has 0 saturated carbocycles. The van der Waals surface area contributed by atoms with Crippen LogP contribution in [0.4, 0.5) is 5.82 Å². The summed E-state index contributed by atoms with van der Waals surface area (Å²) in [6.45, 7) is 5.91. The highest BCUT2D eigenvalue weighted by atomic mass is 16.5. The number of anilines is 1. The summed E-state index contributed by atoms with van der Waals surface area (Å²) in [7, 11) is 0. The normalized spacial score (nSPS) is 16.0. The number of ether oxygens (including phenoxy) is 1. The minimum atomic E-state index is 0.517. The quantitative estimate of drug-likeness (QED) is 0.892. The molecule has 0 radical (unpaired) electrons. The third-order valence-corrected chi connectivity index (χ3v) is 3.63. The predicted octanol–water partition coefficient (Wildman–Crippen LogP) is 1.84. The zero-order chi connectivity index (χ0) is 13.2. The lowest BCUT2D eigenvalue weighted by atomic mass is 10.1. The fraction of sp³-hybridized carbons (Fsp3) is 0.400. The van der Waals surface area contributed by atoms with Crippen molar-refractivity contribution in [3.05, 3.63) is 35.4 Å². The van der Waals surface area contributed by atoms with Gasteiger partial charge in [0, 0.05) is 30.6 Å². The summed E-state index contributed by atoms with van der Waals surface area (Å²) in [5.41, 5.74) is 9.27. The van der Waals surface area contributed by atoms with Gasteiger partial charge in [-0.15, -0.1) is 0 Å². The summed E-state index contributed by atoms with van der Waals surface area (Å²) in [5, 5.41) is 1.16. The van der Waals surface area contributed by atoms with Crippen molar-refractivity contribution in [3.63, 3.8) is 0 Å². The Kier molecular flexibility index (Phi) is 3.36. The maximum atomic E-state index is 5.89. The Balaban J connectivity index is 2.13. The average Bonchev–Trinajstić information content (AvgIpc) is 2.47. The molecule has 2 heterocycles. The second-order valence-corrected chi connectivity index (χ2v) is 4.92. The summed E-state index contributed by atoms with van der Waals surface area (Å²) in [4.78, 5) is 7.13. The van der Waals surface area contributed by atoms with Crippen molar-refractivity contribution in [1.29, 1.82) is 0 Å². The van der Waals surface area contributed by atoms with Crippen LogP contribution < -0.4 is 10.6 Å². The number of pyridine rings is 1. The van der Waals surface area contributed by atoms with Crippen LogP contribution in [0.5, 0.6) is 0 Å². The van der Waals surface area contributed by atoms with E-state index in [9.17, 15) is 0 Å². The average molecular weight is 257 g/mol. The number of fused-ring (bicyclic) bond motifs is 1. The van der Waals surface area contributed by atoms with Crippen molar-refractivity contribution < 1.29 is 4.74 Å². The molecule has 4 heteroatoms. The van der Waals surface area contributed by atoms with E-state index in [2.05, 4.69) is 36.1 Å². The molecule has 1 aliphatic heterocycles. The molecular weight excluding hydrogens is 238 g/mol. The smallest absolute Gasteiger partial charge is 0.133 e. The molecule has 0 bridgehead atoms.